The highest BCUT2D eigenvalue weighted by Crippen LogP contribution is 2.70. The predicted octanol–water partition coefficient (Wildman–Crippen LogP) is 4.87. The van der Waals surface area contributed by atoms with Crippen molar-refractivity contribution >= 4 is 41.2 Å². The van der Waals surface area contributed by atoms with E-state index in [0.29, 0.717) is 22.1 Å². The minimum atomic E-state index is -0.917. The summed E-state index contributed by atoms with van der Waals surface area (Å²) in [7, 11) is 1.30. The van der Waals surface area contributed by atoms with Gasteiger partial charge < -0.3 is 9.47 Å². The highest BCUT2D eigenvalue weighted by molar-refractivity contribution is 8.00. The molecule has 1 spiro atoms. The van der Waals surface area contributed by atoms with Crippen molar-refractivity contribution in [2.45, 2.75) is 62.6 Å². The Kier molecular flexibility index (Phi) is 7.22. The van der Waals surface area contributed by atoms with Gasteiger partial charge in [-0.25, -0.2) is 14.8 Å². The number of para-hydroxylation sites is 1. The van der Waals surface area contributed by atoms with Gasteiger partial charge in [0.2, 0.25) is 5.91 Å². The van der Waals surface area contributed by atoms with Crippen molar-refractivity contribution in [3.8, 4) is 0 Å². The molecule has 3 fully saturated rings. The van der Waals surface area contributed by atoms with E-state index in [1.165, 1.54) is 7.11 Å². The second-order valence-corrected chi connectivity index (χ2v) is 12.2. The number of esters is 2. The molecule has 0 unspecified atom stereocenters. The minimum Gasteiger partial charge on any atom is -0.465 e. The molecule has 2 bridgehead atoms. The standard InChI is InChI=1S/C30H34N2O6S/c1-5-38-27(35)23(39-22-14-10-9-13-21(22)26(34)37-4)18-25(33)32-24-17-19-15-16-30(24,29(19,2)3)28(36)31(32)20-11-7-6-8-12-20/h6-14,19,23-24H,5,15-18H2,1-4H3/t19-,23-,24-,30+/m1/s1. The van der Waals surface area contributed by atoms with Gasteiger partial charge in [0.05, 0.1) is 42.8 Å². The third kappa shape index (κ3) is 4.22. The Labute approximate surface area is 233 Å². The normalized spacial score (nSPS) is 25.4. The highest BCUT2D eigenvalue weighted by Gasteiger charge is 2.75. The van der Waals surface area contributed by atoms with Gasteiger partial charge in [-0.05, 0) is 61.8 Å². The summed E-state index contributed by atoms with van der Waals surface area (Å²) in [6.45, 7) is 6.17. The molecule has 2 aromatic carbocycles. The smallest absolute Gasteiger partial charge is 0.338 e. The first-order valence-corrected chi connectivity index (χ1v) is 14.3. The van der Waals surface area contributed by atoms with Crippen molar-refractivity contribution in [3.05, 3.63) is 60.2 Å². The van der Waals surface area contributed by atoms with Crippen LogP contribution in [0.25, 0.3) is 0 Å². The van der Waals surface area contributed by atoms with Crippen LogP contribution >= 0.6 is 11.8 Å². The first-order valence-electron chi connectivity index (χ1n) is 13.4. The molecule has 2 aromatic rings. The van der Waals surface area contributed by atoms with Crippen LogP contribution < -0.4 is 5.01 Å². The molecule has 5 rings (SSSR count). The number of rotatable bonds is 8. The van der Waals surface area contributed by atoms with Crippen molar-refractivity contribution < 1.29 is 28.7 Å². The molecule has 206 valence electrons. The fourth-order valence-corrected chi connectivity index (χ4v) is 8.08. The maximum Gasteiger partial charge on any atom is 0.338 e. The number of fused-ring (bicyclic) bond motifs is 1. The van der Waals surface area contributed by atoms with Gasteiger partial charge in [-0.15, -0.1) is 11.8 Å². The van der Waals surface area contributed by atoms with E-state index in [-0.39, 0.29) is 36.3 Å². The zero-order valence-electron chi connectivity index (χ0n) is 22.7. The average Bonchev–Trinajstić information content (AvgIpc) is 3.46. The monoisotopic (exact) mass is 550 g/mol. The molecule has 1 saturated heterocycles. The maximum absolute atomic E-state index is 14.2. The number of thioether (sulfide) groups is 1. The van der Waals surface area contributed by atoms with E-state index in [0.717, 1.165) is 31.0 Å². The van der Waals surface area contributed by atoms with Gasteiger partial charge in [0.15, 0.2) is 0 Å². The summed E-state index contributed by atoms with van der Waals surface area (Å²) >= 11 is 1.10. The molecule has 1 heterocycles. The van der Waals surface area contributed by atoms with Crippen molar-refractivity contribution in [2.75, 3.05) is 18.7 Å². The van der Waals surface area contributed by atoms with Crippen LogP contribution in [-0.4, -0.2) is 53.8 Å². The van der Waals surface area contributed by atoms with Gasteiger partial charge in [-0.1, -0.05) is 44.2 Å². The largest absolute Gasteiger partial charge is 0.465 e. The number of hydrazine groups is 1. The lowest BCUT2D eigenvalue weighted by molar-refractivity contribution is -0.145. The van der Waals surface area contributed by atoms with Crippen LogP contribution in [0.1, 0.15) is 56.8 Å². The quantitative estimate of drug-likeness (QED) is 0.342. The van der Waals surface area contributed by atoms with Crippen molar-refractivity contribution in [1.29, 1.82) is 0 Å². The molecule has 9 heteroatoms. The Hall–Kier alpha value is -3.33. The van der Waals surface area contributed by atoms with E-state index in [4.69, 9.17) is 9.47 Å². The van der Waals surface area contributed by atoms with E-state index in [9.17, 15) is 19.2 Å². The number of hydrogen-bond donors (Lipinski definition) is 0. The molecule has 0 radical (unpaired) electrons. The zero-order chi connectivity index (χ0) is 27.9. The van der Waals surface area contributed by atoms with Gasteiger partial charge in [0, 0.05) is 4.90 Å². The fraction of sp³-hybridized carbons (Fsp3) is 0.467. The van der Waals surface area contributed by atoms with Gasteiger partial charge >= 0.3 is 11.9 Å². The van der Waals surface area contributed by atoms with E-state index < -0.39 is 22.6 Å². The Morgan fingerprint density at radius 3 is 2.44 bits per heavy atom. The molecule has 39 heavy (non-hydrogen) atoms. The summed E-state index contributed by atoms with van der Waals surface area (Å²) in [5.74, 6) is -1.09. The third-order valence-corrected chi connectivity index (χ3v) is 10.2. The summed E-state index contributed by atoms with van der Waals surface area (Å²) < 4.78 is 10.2. The van der Waals surface area contributed by atoms with Crippen molar-refractivity contribution in [3.63, 3.8) is 0 Å². The van der Waals surface area contributed by atoms with Crippen LogP contribution in [0.15, 0.2) is 59.5 Å². The zero-order valence-corrected chi connectivity index (χ0v) is 23.5. The van der Waals surface area contributed by atoms with Crippen LogP contribution in [-0.2, 0) is 23.9 Å². The molecular weight excluding hydrogens is 516 g/mol. The second-order valence-electron chi connectivity index (χ2n) is 10.9. The summed E-state index contributed by atoms with van der Waals surface area (Å²) in [4.78, 5) is 54.4. The molecule has 1 aliphatic heterocycles. The average molecular weight is 551 g/mol. The summed E-state index contributed by atoms with van der Waals surface area (Å²) in [5.41, 5.74) is 0.0387. The Balaban J connectivity index is 1.50. The van der Waals surface area contributed by atoms with Gasteiger partial charge in [-0.2, -0.15) is 0 Å². The first-order chi connectivity index (χ1) is 18.7. The molecule has 2 amide bonds. The number of carbonyl (C=O) groups is 4. The summed E-state index contributed by atoms with van der Waals surface area (Å²) in [6.07, 6.45) is 2.26. The number of ether oxygens (including phenoxy) is 2. The molecule has 8 nitrogen and oxygen atoms in total. The molecule has 2 saturated carbocycles. The van der Waals surface area contributed by atoms with Crippen molar-refractivity contribution in [1.82, 2.24) is 5.01 Å². The maximum atomic E-state index is 14.2. The van der Waals surface area contributed by atoms with Crippen molar-refractivity contribution in [2.24, 2.45) is 16.7 Å². The van der Waals surface area contributed by atoms with E-state index in [1.54, 1.807) is 41.2 Å². The SMILES string of the molecule is CCOC(=O)[C@@H](CC(=O)N1[C@@H]2C[C@H]3CC[C@]2(C(=O)N1c1ccccc1)C3(C)C)Sc1ccccc1C(=O)OC. The number of anilines is 1. The number of hydrogen-bond acceptors (Lipinski definition) is 7. The number of nitrogens with zero attached hydrogens (tertiary/aromatic N) is 2. The van der Waals surface area contributed by atoms with Crippen LogP contribution in [0.5, 0.6) is 0 Å². The predicted molar refractivity (Wildman–Crippen MR) is 147 cm³/mol. The number of carbonyl (C=O) groups excluding carboxylic acids is 4. The fourth-order valence-electron chi connectivity index (χ4n) is 6.95. The molecule has 3 aliphatic rings. The summed E-state index contributed by atoms with van der Waals surface area (Å²) in [6, 6.07) is 15.8. The van der Waals surface area contributed by atoms with Crippen LogP contribution in [0.4, 0.5) is 5.69 Å². The van der Waals surface area contributed by atoms with Gasteiger partial charge in [0.1, 0.15) is 5.25 Å². The second kappa shape index (κ2) is 10.3. The highest BCUT2D eigenvalue weighted by atomic mass is 32.2. The van der Waals surface area contributed by atoms with E-state index in [1.807, 2.05) is 30.3 Å². The minimum absolute atomic E-state index is 0.0478. The molecule has 2 aliphatic carbocycles. The lowest BCUT2D eigenvalue weighted by Gasteiger charge is -2.35. The van der Waals surface area contributed by atoms with Gasteiger partial charge in [0.25, 0.3) is 5.91 Å². The van der Waals surface area contributed by atoms with Crippen LogP contribution in [0.2, 0.25) is 0 Å². The molecule has 0 N–H and O–H groups in total. The van der Waals surface area contributed by atoms with Crippen LogP contribution in [0, 0.1) is 16.7 Å². The van der Waals surface area contributed by atoms with E-state index in [2.05, 4.69) is 13.8 Å². The number of methoxy groups -OCH3 is 1. The number of benzene rings is 2. The Morgan fingerprint density at radius 1 is 1.08 bits per heavy atom. The lowest BCUT2D eigenvalue weighted by Crippen LogP contribution is -2.48. The lowest BCUT2D eigenvalue weighted by atomic mass is 9.67. The van der Waals surface area contributed by atoms with E-state index >= 15 is 0 Å². The Bertz CT molecular complexity index is 1300. The first kappa shape index (κ1) is 27.2. The summed E-state index contributed by atoms with van der Waals surface area (Å²) in [5, 5.41) is 2.25. The van der Waals surface area contributed by atoms with Gasteiger partial charge in [-0.3, -0.25) is 14.4 Å². The van der Waals surface area contributed by atoms with Crippen LogP contribution in [0.3, 0.4) is 0 Å². The Morgan fingerprint density at radius 2 is 1.77 bits per heavy atom. The topological polar surface area (TPSA) is 93.2 Å². The molecular formula is C30H34N2O6S. The third-order valence-electron chi connectivity index (χ3n) is 8.95. The molecule has 0 aromatic heterocycles. The number of amides is 2. The molecule has 4 atom stereocenters.